The third-order valence-corrected chi connectivity index (χ3v) is 3.66. The average Bonchev–Trinajstić information content (AvgIpc) is 2.51. The minimum atomic E-state index is 0.500. The maximum atomic E-state index is 6.12. The van der Waals surface area contributed by atoms with E-state index in [1.807, 2.05) is 33.2 Å². The van der Waals surface area contributed by atoms with Gasteiger partial charge in [-0.15, -0.1) is 0 Å². The fourth-order valence-corrected chi connectivity index (χ4v) is 2.13. The Morgan fingerprint density at radius 3 is 2.78 bits per heavy atom. The van der Waals surface area contributed by atoms with Crippen LogP contribution in [0.15, 0.2) is 24.4 Å². The second kappa shape index (κ2) is 7.99. The molecule has 0 saturated carbocycles. The standard InChI is InChI=1S/C16H22ClN5O/c1-11-9-13(14(23-4)10-12(11)17)20-16-19-6-5-15(21-16)18-7-8-22(2)3/h5-6,9-10H,7-8H2,1-4H3,(H2,18,19,20,21). The number of hydrogen-bond donors (Lipinski definition) is 2. The average molecular weight is 336 g/mol. The zero-order valence-corrected chi connectivity index (χ0v) is 14.6. The first kappa shape index (κ1) is 17.3. The molecule has 0 bridgehead atoms. The Morgan fingerprint density at radius 2 is 2.09 bits per heavy atom. The van der Waals surface area contributed by atoms with Crippen molar-refractivity contribution in [2.24, 2.45) is 0 Å². The van der Waals surface area contributed by atoms with Crippen LogP contribution in [0.4, 0.5) is 17.5 Å². The number of nitrogens with zero attached hydrogens (tertiary/aromatic N) is 3. The predicted molar refractivity (Wildman–Crippen MR) is 95.1 cm³/mol. The first-order valence-electron chi connectivity index (χ1n) is 7.32. The Morgan fingerprint density at radius 1 is 1.30 bits per heavy atom. The molecule has 0 radical (unpaired) electrons. The fourth-order valence-electron chi connectivity index (χ4n) is 1.98. The monoisotopic (exact) mass is 335 g/mol. The van der Waals surface area contributed by atoms with Crippen LogP contribution in [0, 0.1) is 6.92 Å². The highest BCUT2D eigenvalue weighted by Gasteiger charge is 2.09. The zero-order chi connectivity index (χ0) is 16.8. The molecule has 0 amide bonds. The van der Waals surface area contributed by atoms with Gasteiger partial charge in [0.25, 0.3) is 0 Å². The molecule has 1 aromatic heterocycles. The number of halogens is 1. The molecular formula is C16H22ClN5O. The molecular weight excluding hydrogens is 314 g/mol. The van der Waals surface area contributed by atoms with Crippen LogP contribution in [0.2, 0.25) is 5.02 Å². The number of methoxy groups -OCH3 is 1. The van der Waals surface area contributed by atoms with Gasteiger partial charge in [-0.05, 0) is 38.7 Å². The molecule has 1 aromatic carbocycles. The second-order valence-electron chi connectivity index (χ2n) is 5.42. The number of hydrogen-bond acceptors (Lipinski definition) is 6. The van der Waals surface area contributed by atoms with Gasteiger partial charge in [-0.25, -0.2) is 4.98 Å². The second-order valence-corrected chi connectivity index (χ2v) is 5.83. The van der Waals surface area contributed by atoms with E-state index in [-0.39, 0.29) is 0 Å². The SMILES string of the molecule is COc1cc(Cl)c(C)cc1Nc1nccc(NCCN(C)C)n1. The largest absolute Gasteiger partial charge is 0.495 e. The highest BCUT2D eigenvalue weighted by Crippen LogP contribution is 2.32. The molecule has 7 heteroatoms. The molecule has 124 valence electrons. The van der Waals surface area contributed by atoms with Crippen molar-refractivity contribution in [3.8, 4) is 5.75 Å². The van der Waals surface area contributed by atoms with Crippen molar-refractivity contribution in [2.45, 2.75) is 6.92 Å². The number of rotatable bonds is 7. The molecule has 2 aromatic rings. The number of benzene rings is 1. The number of aromatic nitrogens is 2. The lowest BCUT2D eigenvalue weighted by atomic mass is 10.2. The van der Waals surface area contributed by atoms with E-state index in [2.05, 4.69) is 25.5 Å². The molecule has 0 spiro atoms. The van der Waals surface area contributed by atoms with E-state index in [0.29, 0.717) is 16.7 Å². The zero-order valence-electron chi connectivity index (χ0n) is 13.9. The lowest BCUT2D eigenvalue weighted by molar-refractivity contribution is 0.416. The molecule has 2 N–H and O–H groups in total. The Hall–Kier alpha value is -2.05. The van der Waals surface area contributed by atoms with Crippen LogP contribution in [0.1, 0.15) is 5.56 Å². The molecule has 0 atom stereocenters. The van der Waals surface area contributed by atoms with Crippen LogP contribution in [0.5, 0.6) is 5.75 Å². The van der Waals surface area contributed by atoms with Crippen LogP contribution < -0.4 is 15.4 Å². The van der Waals surface area contributed by atoms with Crippen molar-refractivity contribution in [3.63, 3.8) is 0 Å². The van der Waals surface area contributed by atoms with Crippen molar-refractivity contribution in [1.82, 2.24) is 14.9 Å². The number of ether oxygens (including phenoxy) is 1. The molecule has 23 heavy (non-hydrogen) atoms. The number of anilines is 3. The molecule has 0 fully saturated rings. The molecule has 1 heterocycles. The minimum Gasteiger partial charge on any atom is -0.495 e. The van der Waals surface area contributed by atoms with Crippen molar-refractivity contribution in [2.75, 3.05) is 44.9 Å². The lowest BCUT2D eigenvalue weighted by Crippen LogP contribution is -2.21. The van der Waals surface area contributed by atoms with Gasteiger partial charge >= 0.3 is 0 Å². The maximum absolute atomic E-state index is 6.12. The van der Waals surface area contributed by atoms with Gasteiger partial charge in [-0.3, -0.25) is 0 Å². The fraction of sp³-hybridized carbons (Fsp3) is 0.375. The number of likely N-dealkylation sites (N-methyl/N-ethyl adjacent to an activating group) is 1. The summed E-state index contributed by atoms with van der Waals surface area (Å²) in [6.07, 6.45) is 1.71. The van der Waals surface area contributed by atoms with Crippen LogP contribution in [-0.4, -0.2) is 49.2 Å². The van der Waals surface area contributed by atoms with Crippen LogP contribution >= 0.6 is 11.6 Å². The Bertz CT molecular complexity index is 663. The van der Waals surface area contributed by atoms with E-state index in [1.54, 1.807) is 19.4 Å². The van der Waals surface area contributed by atoms with Gasteiger partial charge in [0.15, 0.2) is 0 Å². The highest BCUT2D eigenvalue weighted by molar-refractivity contribution is 6.31. The smallest absolute Gasteiger partial charge is 0.229 e. The van der Waals surface area contributed by atoms with Crippen molar-refractivity contribution in [3.05, 3.63) is 35.0 Å². The van der Waals surface area contributed by atoms with Crippen molar-refractivity contribution >= 4 is 29.1 Å². The summed E-state index contributed by atoms with van der Waals surface area (Å²) in [5, 5.41) is 7.10. The van der Waals surface area contributed by atoms with E-state index in [9.17, 15) is 0 Å². The van der Waals surface area contributed by atoms with E-state index < -0.39 is 0 Å². The summed E-state index contributed by atoms with van der Waals surface area (Å²) < 4.78 is 5.35. The summed E-state index contributed by atoms with van der Waals surface area (Å²) in [6.45, 7) is 3.68. The van der Waals surface area contributed by atoms with Gasteiger partial charge in [0.1, 0.15) is 11.6 Å². The third kappa shape index (κ3) is 4.97. The van der Waals surface area contributed by atoms with Crippen LogP contribution in [-0.2, 0) is 0 Å². The first-order valence-corrected chi connectivity index (χ1v) is 7.70. The summed E-state index contributed by atoms with van der Waals surface area (Å²) in [7, 11) is 5.67. The van der Waals surface area contributed by atoms with Gasteiger partial charge < -0.3 is 20.3 Å². The molecule has 6 nitrogen and oxygen atoms in total. The van der Waals surface area contributed by atoms with Crippen molar-refractivity contribution in [1.29, 1.82) is 0 Å². The van der Waals surface area contributed by atoms with E-state index in [4.69, 9.17) is 16.3 Å². The molecule has 2 rings (SSSR count). The van der Waals surface area contributed by atoms with E-state index in [1.165, 1.54) is 0 Å². The summed E-state index contributed by atoms with van der Waals surface area (Å²) in [5.41, 5.74) is 1.73. The van der Waals surface area contributed by atoms with Gasteiger partial charge in [-0.2, -0.15) is 4.98 Å². The van der Waals surface area contributed by atoms with Crippen LogP contribution in [0.3, 0.4) is 0 Å². The lowest BCUT2D eigenvalue weighted by Gasteiger charge is -2.13. The summed E-state index contributed by atoms with van der Waals surface area (Å²) in [6, 6.07) is 5.53. The predicted octanol–water partition coefficient (Wildman–Crippen LogP) is 3.16. The van der Waals surface area contributed by atoms with E-state index >= 15 is 0 Å². The number of aryl methyl sites for hydroxylation is 1. The maximum Gasteiger partial charge on any atom is 0.229 e. The van der Waals surface area contributed by atoms with E-state index in [0.717, 1.165) is 30.2 Å². The molecule has 0 unspecified atom stereocenters. The molecule has 0 aliphatic rings. The molecule has 0 aliphatic carbocycles. The molecule has 0 aliphatic heterocycles. The summed E-state index contributed by atoms with van der Waals surface area (Å²) >= 11 is 6.12. The minimum absolute atomic E-state index is 0.500. The Labute approximate surface area is 141 Å². The topological polar surface area (TPSA) is 62.3 Å². The third-order valence-electron chi connectivity index (χ3n) is 3.25. The summed E-state index contributed by atoms with van der Waals surface area (Å²) in [4.78, 5) is 10.8. The van der Waals surface area contributed by atoms with Crippen molar-refractivity contribution < 1.29 is 4.74 Å². The Kier molecular flexibility index (Phi) is 6.01. The van der Waals surface area contributed by atoms with Gasteiger partial charge in [0, 0.05) is 30.4 Å². The Balaban J connectivity index is 2.13. The quantitative estimate of drug-likeness (QED) is 0.810. The van der Waals surface area contributed by atoms with Gasteiger partial charge in [-0.1, -0.05) is 11.6 Å². The first-order chi connectivity index (χ1) is 11.0. The normalized spacial score (nSPS) is 10.7. The van der Waals surface area contributed by atoms with Gasteiger partial charge in [0.2, 0.25) is 5.95 Å². The van der Waals surface area contributed by atoms with Gasteiger partial charge in [0.05, 0.1) is 12.8 Å². The summed E-state index contributed by atoms with van der Waals surface area (Å²) in [5.74, 6) is 1.92. The highest BCUT2D eigenvalue weighted by atomic mass is 35.5. The number of nitrogens with one attached hydrogen (secondary N) is 2. The van der Waals surface area contributed by atoms with Crippen LogP contribution in [0.25, 0.3) is 0 Å². The molecule has 0 saturated heterocycles.